The molecule has 0 amide bonds. The van der Waals surface area contributed by atoms with Crippen LogP contribution in [0.4, 0.5) is 0 Å². The summed E-state index contributed by atoms with van der Waals surface area (Å²) in [7, 11) is 0. The van der Waals surface area contributed by atoms with Crippen molar-refractivity contribution in [2.75, 3.05) is 26.2 Å². The van der Waals surface area contributed by atoms with Gasteiger partial charge < -0.3 is 10.4 Å². The minimum atomic E-state index is -0.968. The highest BCUT2D eigenvalue weighted by Gasteiger charge is 2.11. The number of hydrogen-bond acceptors (Lipinski definition) is 4. The van der Waals surface area contributed by atoms with Crippen LogP contribution in [0.2, 0.25) is 0 Å². The zero-order valence-corrected chi connectivity index (χ0v) is 9.72. The molecule has 0 spiro atoms. The normalized spacial score (nSPS) is 17.6. The van der Waals surface area contributed by atoms with Crippen LogP contribution in [0.25, 0.3) is 0 Å². The summed E-state index contributed by atoms with van der Waals surface area (Å²) in [5.41, 5.74) is 0.947. The lowest BCUT2D eigenvalue weighted by Gasteiger charge is -2.18. The van der Waals surface area contributed by atoms with Gasteiger partial charge in [0.2, 0.25) is 0 Å². The van der Waals surface area contributed by atoms with Crippen LogP contribution in [0.1, 0.15) is 22.6 Å². The molecule has 0 aliphatic carbocycles. The molecular weight excluding hydrogens is 218 g/mol. The van der Waals surface area contributed by atoms with Crippen LogP contribution < -0.4 is 5.32 Å². The molecule has 1 aromatic rings. The van der Waals surface area contributed by atoms with Crippen LogP contribution in [0.3, 0.4) is 0 Å². The molecule has 0 saturated carbocycles. The van der Waals surface area contributed by atoms with Gasteiger partial charge in [-0.05, 0) is 31.6 Å². The molecule has 1 saturated heterocycles. The van der Waals surface area contributed by atoms with Gasteiger partial charge in [-0.25, -0.2) is 9.78 Å². The van der Waals surface area contributed by atoms with E-state index in [9.17, 15) is 4.79 Å². The van der Waals surface area contributed by atoms with E-state index in [1.165, 1.54) is 6.07 Å². The van der Waals surface area contributed by atoms with Gasteiger partial charge in [0.05, 0.1) is 5.69 Å². The maximum Gasteiger partial charge on any atom is 0.354 e. The van der Waals surface area contributed by atoms with Crippen LogP contribution in [0.15, 0.2) is 18.2 Å². The molecule has 1 aliphatic rings. The van der Waals surface area contributed by atoms with Gasteiger partial charge in [-0.15, -0.1) is 0 Å². The number of rotatable bonds is 3. The lowest BCUT2D eigenvalue weighted by atomic mass is 10.2. The summed E-state index contributed by atoms with van der Waals surface area (Å²) in [5.74, 6) is -0.968. The number of carboxylic acids is 1. The molecule has 1 aromatic heterocycles. The first-order valence-electron chi connectivity index (χ1n) is 5.88. The molecule has 5 heteroatoms. The SMILES string of the molecule is O=C(O)c1cccc(CN2CCCNCC2)n1. The standard InChI is InChI=1S/C12H17N3O2/c16-12(17)11-4-1-3-10(14-11)9-15-7-2-5-13-6-8-15/h1,3-4,13H,2,5-9H2,(H,16,17). The number of aromatic nitrogens is 1. The van der Waals surface area contributed by atoms with Gasteiger partial charge in [0, 0.05) is 19.6 Å². The second kappa shape index (κ2) is 5.75. The largest absolute Gasteiger partial charge is 0.477 e. The topological polar surface area (TPSA) is 65.5 Å². The Balaban J connectivity index is 2.01. The number of aromatic carboxylic acids is 1. The smallest absolute Gasteiger partial charge is 0.354 e. The van der Waals surface area contributed by atoms with Gasteiger partial charge in [0.1, 0.15) is 5.69 Å². The van der Waals surface area contributed by atoms with Gasteiger partial charge in [-0.2, -0.15) is 0 Å². The third-order valence-electron chi connectivity index (χ3n) is 2.84. The van der Waals surface area contributed by atoms with Crippen molar-refractivity contribution in [3.8, 4) is 0 Å². The third-order valence-corrected chi connectivity index (χ3v) is 2.84. The Bertz CT molecular complexity index is 387. The zero-order valence-electron chi connectivity index (χ0n) is 9.72. The van der Waals surface area contributed by atoms with E-state index in [2.05, 4.69) is 15.2 Å². The number of hydrogen-bond donors (Lipinski definition) is 2. The average Bonchev–Trinajstić information content (AvgIpc) is 2.58. The maximum atomic E-state index is 10.8. The molecule has 5 nitrogen and oxygen atoms in total. The summed E-state index contributed by atoms with van der Waals surface area (Å²) in [6.07, 6.45) is 1.12. The summed E-state index contributed by atoms with van der Waals surface area (Å²) >= 11 is 0. The number of pyridine rings is 1. The lowest BCUT2D eigenvalue weighted by Crippen LogP contribution is -2.28. The van der Waals surface area contributed by atoms with E-state index >= 15 is 0 Å². The van der Waals surface area contributed by atoms with Crippen LogP contribution in [-0.4, -0.2) is 47.1 Å². The van der Waals surface area contributed by atoms with Crippen molar-refractivity contribution < 1.29 is 9.90 Å². The minimum Gasteiger partial charge on any atom is -0.477 e. The molecular formula is C12H17N3O2. The Morgan fingerprint density at radius 3 is 3.12 bits per heavy atom. The average molecular weight is 235 g/mol. The van der Waals surface area contributed by atoms with Crippen molar-refractivity contribution in [3.05, 3.63) is 29.6 Å². The first-order valence-corrected chi connectivity index (χ1v) is 5.88. The second-order valence-corrected chi connectivity index (χ2v) is 4.20. The summed E-state index contributed by atoms with van der Waals surface area (Å²) in [6.45, 7) is 4.78. The number of carboxylic acid groups (broad SMARTS) is 1. The van der Waals surface area contributed by atoms with Crippen molar-refractivity contribution in [3.63, 3.8) is 0 Å². The summed E-state index contributed by atoms with van der Waals surface area (Å²) in [5, 5.41) is 12.2. The first kappa shape index (κ1) is 12.0. The maximum absolute atomic E-state index is 10.8. The highest BCUT2D eigenvalue weighted by atomic mass is 16.4. The fourth-order valence-corrected chi connectivity index (χ4v) is 1.98. The van der Waals surface area contributed by atoms with Gasteiger partial charge in [-0.3, -0.25) is 4.90 Å². The van der Waals surface area contributed by atoms with Crippen molar-refractivity contribution in [1.82, 2.24) is 15.2 Å². The summed E-state index contributed by atoms with van der Waals surface area (Å²) in [4.78, 5) is 17.2. The second-order valence-electron chi connectivity index (χ2n) is 4.20. The van der Waals surface area contributed by atoms with Gasteiger partial charge >= 0.3 is 5.97 Å². The fraction of sp³-hybridized carbons (Fsp3) is 0.500. The predicted octanol–water partition coefficient (Wildman–Crippen LogP) is 0.575. The first-order chi connectivity index (χ1) is 8.25. The summed E-state index contributed by atoms with van der Waals surface area (Å²) in [6, 6.07) is 5.16. The lowest BCUT2D eigenvalue weighted by molar-refractivity contribution is 0.0690. The molecule has 2 rings (SSSR count). The van der Waals surface area contributed by atoms with Crippen molar-refractivity contribution >= 4 is 5.97 Å². The van der Waals surface area contributed by atoms with E-state index in [4.69, 9.17) is 5.11 Å². The van der Waals surface area contributed by atoms with Crippen LogP contribution >= 0.6 is 0 Å². The fourth-order valence-electron chi connectivity index (χ4n) is 1.98. The highest BCUT2D eigenvalue weighted by molar-refractivity contribution is 5.85. The molecule has 0 aromatic carbocycles. The van der Waals surface area contributed by atoms with Crippen molar-refractivity contribution in [1.29, 1.82) is 0 Å². The Kier molecular flexibility index (Phi) is 4.06. The molecule has 2 heterocycles. The van der Waals surface area contributed by atoms with E-state index in [-0.39, 0.29) is 5.69 Å². The Morgan fingerprint density at radius 2 is 2.29 bits per heavy atom. The van der Waals surface area contributed by atoms with Gasteiger partial charge in [0.25, 0.3) is 0 Å². The predicted molar refractivity (Wildman–Crippen MR) is 64.0 cm³/mol. The van der Waals surface area contributed by atoms with E-state index < -0.39 is 5.97 Å². The van der Waals surface area contributed by atoms with Gasteiger partial charge in [0.15, 0.2) is 0 Å². The van der Waals surface area contributed by atoms with E-state index in [1.807, 2.05) is 6.07 Å². The van der Waals surface area contributed by atoms with E-state index in [0.717, 1.165) is 44.8 Å². The van der Waals surface area contributed by atoms with Crippen LogP contribution in [0.5, 0.6) is 0 Å². The number of nitrogens with one attached hydrogen (secondary N) is 1. The van der Waals surface area contributed by atoms with Crippen LogP contribution in [-0.2, 0) is 6.54 Å². The van der Waals surface area contributed by atoms with E-state index in [0.29, 0.717) is 0 Å². The molecule has 92 valence electrons. The van der Waals surface area contributed by atoms with Crippen molar-refractivity contribution in [2.24, 2.45) is 0 Å². The zero-order chi connectivity index (χ0) is 12.1. The minimum absolute atomic E-state index is 0.121. The molecule has 1 fully saturated rings. The van der Waals surface area contributed by atoms with Crippen molar-refractivity contribution in [2.45, 2.75) is 13.0 Å². The molecule has 0 atom stereocenters. The quantitative estimate of drug-likeness (QED) is 0.802. The highest BCUT2D eigenvalue weighted by Crippen LogP contribution is 2.05. The molecule has 2 N–H and O–H groups in total. The van der Waals surface area contributed by atoms with E-state index in [1.54, 1.807) is 6.07 Å². The van der Waals surface area contributed by atoms with Gasteiger partial charge in [-0.1, -0.05) is 6.07 Å². The third kappa shape index (κ3) is 3.51. The molecule has 17 heavy (non-hydrogen) atoms. The monoisotopic (exact) mass is 235 g/mol. The van der Waals surface area contributed by atoms with Crippen LogP contribution in [0, 0.1) is 0 Å². The summed E-state index contributed by atoms with van der Waals surface area (Å²) < 4.78 is 0. The number of nitrogens with zero attached hydrogens (tertiary/aromatic N) is 2. The molecule has 0 radical (unpaired) electrons. The molecule has 0 bridgehead atoms. The molecule has 1 aliphatic heterocycles. The Morgan fingerprint density at radius 1 is 1.41 bits per heavy atom. The Hall–Kier alpha value is -1.46. The molecule has 0 unspecified atom stereocenters. The number of carbonyl (C=O) groups is 1. The Labute approximate surface area is 100 Å².